The number of halogens is 1. The molecule has 0 aliphatic rings. The molecule has 0 atom stereocenters. The molecule has 24 heavy (non-hydrogen) atoms. The molecule has 0 aliphatic heterocycles. The van der Waals surface area contributed by atoms with Crippen LogP contribution in [0.4, 0.5) is 0 Å². The minimum absolute atomic E-state index is 0.110. The minimum Gasteiger partial charge on any atom is -0.272 e. The van der Waals surface area contributed by atoms with Crippen molar-refractivity contribution in [2.75, 3.05) is 5.75 Å². The molecule has 1 aromatic carbocycles. The third-order valence-corrected chi connectivity index (χ3v) is 5.32. The number of rotatable bonds is 7. The first kappa shape index (κ1) is 18.7. The highest BCUT2D eigenvalue weighted by Gasteiger charge is 2.08. The molecule has 128 valence electrons. The SMILES string of the molecule is CCn1nc(C)c(/C=N\NC(=O)CSCc2ccccc2Br)c1C. The van der Waals surface area contributed by atoms with Gasteiger partial charge in [0.05, 0.1) is 17.7 Å². The number of carbonyl (C=O) groups is 1. The zero-order chi connectivity index (χ0) is 17.5. The van der Waals surface area contributed by atoms with Crippen LogP contribution in [0.15, 0.2) is 33.8 Å². The molecule has 1 N–H and O–H groups in total. The van der Waals surface area contributed by atoms with Gasteiger partial charge in [-0.2, -0.15) is 10.2 Å². The number of aromatic nitrogens is 2. The molecule has 0 aliphatic carbocycles. The summed E-state index contributed by atoms with van der Waals surface area (Å²) < 4.78 is 2.99. The summed E-state index contributed by atoms with van der Waals surface area (Å²) in [6.45, 7) is 6.80. The molecular weight excluding hydrogens is 388 g/mol. The molecule has 0 saturated carbocycles. The van der Waals surface area contributed by atoms with Crippen molar-refractivity contribution in [2.45, 2.75) is 33.1 Å². The lowest BCUT2D eigenvalue weighted by atomic mass is 10.2. The molecule has 0 unspecified atom stereocenters. The van der Waals surface area contributed by atoms with Crippen molar-refractivity contribution in [3.05, 3.63) is 51.3 Å². The van der Waals surface area contributed by atoms with E-state index < -0.39 is 0 Å². The molecule has 0 spiro atoms. The largest absolute Gasteiger partial charge is 0.272 e. The van der Waals surface area contributed by atoms with Gasteiger partial charge in [0, 0.05) is 28.0 Å². The summed E-state index contributed by atoms with van der Waals surface area (Å²) in [7, 11) is 0. The molecule has 1 heterocycles. The normalized spacial score (nSPS) is 11.2. The lowest BCUT2D eigenvalue weighted by Gasteiger charge is -2.03. The van der Waals surface area contributed by atoms with Crippen LogP contribution in [0.3, 0.4) is 0 Å². The fraction of sp³-hybridized carbons (Fsp3) is 0.353. The van der Waals surface area contributed by atoms with Crippen LogP contribution in [0.5, 0.6) is 0 Å². The molecular formula is C17H21BrN4OS. The number of hydrazone groups is 1. The summed E-state index contributed by atoms with van der Waals surface area (Å²) in [5.74, 6) is 1.03. The van der Waals surface area contributed by atoms with Gasteiger partial charge in [0.25, 0.3) is 0 Å². The van der Waals surface area contributed by atoms with Crippen LogP contribution in [0.25, 0.3) is 0 Å². The second kappa shape index (κ2) is 9.03. The van der Waals surface area contributed by atoms with E-state index in [0.29, 0.717) is 5.75 Å². The van der Waals surface area contributed by atoms with Crippen molar-refractivity contribution in [2.24, 2.45) is 5.10 Å². The highest BCUT2D eigenvalue weighted by atomic mass is 79.9. The zero-order valence-electron chi connectivity index (χ0n) is 14.0. The van der Waals surface area contributed by atoms with Gasteiger partial charge in [-0.05, 0) is 32.4 Å². The van der Waals surface area contributed by atoms with Gasteiger partial charge in [-0.3, -0.25) is 9.48 Å². The zero-order valence-corrected chi connectivity index (χ0v) is 16.4. The number of aryl methyl sites for hydroxylation is 2. The smallest absolute Gasteiger partial charge is 0.250 e. The highest BCUT2D eigenvalue weighted by Crippen LogP contribution is 2.21. The number of nitrogens with zero attached hydrogens (tertiary/aromatic N) is 3. The third kappa shape index (κ3) is 4.95. The summed E-state index contributed by atoms with van der Waals surface area (Å²) >= 11 is 5.06. The fourth-order valence-electron chi connectivity index (χ4n) is 2.28. The molecule has 1 amide bonds. The standard InChI is InChI=1S/C17H21BrN4OS/c1-4-22-13(3)15(12(2)21-22)9-19-20-17(23)11-24-10-14-7-5-6-8-16(14)18/h5-9H,4,10-11H2,1-3H3,(H,20,23)/b19-9-. The number of carbonyl (C=O) groups excluding carboxylic acids is 1. The van der Waals surface area contributed by atoms with E-state index in [1.54, 1.807) is 18.0 Å². The van der Waals surface area contributed by atoms with E-state index in [9.17, 15) is 4.79 Å². The number of thioether (sulfide) groups is 1. The van der Waals surface area contributed by atoms with Gasteiger partial charge in [0.2, 0.25) is 5.91 Å². The Hall–Kier alpha value is -1.60. The van der Waals surface area contributed by atoms with Crippen molar-refractivity contribution in [3.8, 4) is 0 Å². The Balaban J connectivity index is 1.81. The molecule has 0 fully saturated rings. The Morgan fingerprint density at radius 1 is 1.42 bits per heavy atom. The monoisotopic (exact) mass is 408 g/mol. The Bertz CT molecular complexity index is 742. The maximum Gasteiger partial charge on any atom is 0.250 e. The molecule has 1 aromatic heterocycles. The molecule has 0 radical (unpaired) electrons. The van der Waals surface area contributed by atoms with Crippen LogP contribution in [0.1, 0.15) is 29.4 Å². The van der Waals surface area contributed by atoms with Gasteiger partial charge < -0.3 is 0 Å². The Kier molecular flexibility index (Phi) is 7.05. The maximum atomic E-state index is 11.9. The van der Waals surface area contributed by atoms with E-state index >= 15 is 0 Å². The average Bonchev–Trinajstić information content (AvgIpc) is 2.84. The Morgan fingerprint density at radius 2 is 2.17 bits per heavy atom. The van der Waals surface area contributed by atoms with Crippen molar-refractivity contribution in [1.29, 1.82) is 0 Å². The Morgan fingerprint density at radius 3 is 2.83 bits per heavy atom. The van der Waals surface area contributed by atoms with Crippen molar-refractivity contribution in [1.82, 2.24) is 15.2 Å². The highest BCUT2D eigenvalue weighted by molar-refractivity contribution is 9.10. The molecule has 0 bridgehead atoms. The number of hydrogen-bond donors (Lipinski definition) is 1. The number of hydrogen-bond acceptors (Lipinski definition) is 4. The maximum absolute atomic E-state index is 11.9. The van der Waals surface area contributed by atoms with Crippen LogP contribution in [0.2, 0.25) is 0 Å². The molecule has 7 heteroatoms. The first-order valence-corrected chi connectivity index (χ1v) is 9.64. The third-order valence-electron chi connectivity index (χ3n) is 3.57. The summed E-state index contributed by atoms with van der Waals surface area (Å²) in [6, 6.07) is 8.02. The van der Waals surface area contributed by atoms with E-state index in [-0.39, 0.29) is 5.91 Å². The van der Waals surface area contributed by atoms with E-state index in [4.69, 9.17) is 0 Å². The topological polar surface area (TPSA) is 59.3 Å². The lowest BCUT2D eigenvalue weighted by Crippen LogP contribution is -2.19. The van der Waals surface area contributed by atoms with Crippen LogP contribution in [0, 0.1) is 13.8 Å². The number of nitrogens with one attached hydrogen (secondary N) is 1. The molecule has 0 saturated heterocycles. The summed E-state index contributed by atoms with van der Waals surface area (Å²) in [4.78, 5) is 11.9. The number of benzene rings is 1. The number of amides is 1. The van der Waals surface area contributed by atoms with E-state index in [1.165, 1.54) is 5.56 Å². The van der Waals surface area contributed by atoms with Crippen LogP contribution in [-0.4, -0.2) is 27.7 Å². The van der Waals surface area contributed by atoms with Crippen LogP contribution < -0.4 is 5.43 Å². The lowest BCUT2D eigenvalue weighted by molar-refractivity contribution is -0.118. The van der Waals surface area contributed by atoms with Gasteiger partial charge in [0.1, 0.15) is 0 Å². The Labute approximate surface area is 155 Å². The van der Waals surface area contributed by atoms with Gasteiger partial charge in [-0.25, -0.2) is 5.43 Å². The van der Waals surface area contributed by atoms with Gasteiger partial charge in [-0.1, -0.05) is 34.1 Å². The van der Waals surface area contributed by atoms with E-state index in [0.717, 1.165) is 33.7 Å². The quantitative estimate of drug-likeness (QED) is 0.561. The van der Waals surface area contributed by atoms with Crippen LogP contribution >= 0.6 is 27.7 Å². The fourth-order valence-corrected chi connectivity index (χ4v) is 3.71. The van der Waals surface area contributed by atoms with Gasteiger partial charge >= 0.3 is 0 Å². The summed E-state index contributed by atoms with van der Waals surface area (Å²) in [5.41, 5.74) is 6.67. The first-order valence-electron chi connectivity index (χ1n) is 7.70. The molecule has 2 rings (SSSR count). The van der Waals surface area contributed by atoms with Gasteiger partial charge in [0.15, 0.2) is 0 Å². The van der Waals surface area contributed by atoms with Crippen LogP contribution in [-0.2, 0) is 17.1 Å². The van der Waals surface area contributed by atoms with Gasteiger partial charge in [-0.15, -0.1) is 11.8 Å². The van der Waals surface area contributed by atoms with Crippen molar-refractivity contribution in [3.63, 3.8) is 0 Å². The first-order chi connectivity index (χ1) is 11.5. The van der Waals surface area contributed by atoms with E-state index in [2.05, 4.69) is 31.6 Å². The molecule has 2 aromatic rings. The summed E-state index contributed by atoms with van der Waals surface area (Å²) in [5, 5.41) is 8.48. The van der Waals surface area contributed by atoms with Crippen molar-refractivity contribution >= 4 is 39.8 Å². The second-order valence-electron chi connectivity index (χ2n) is 5.28. The predicted molar refractivity (Wildman–Crippen MR) is 103 cm³/mol. The van der Waals surface area contributed by atoms with E-state index in [1.807, 2.05) is 49.7 Å². The average molecular weight is 409 g/mol. The second-order valence-corrected chi connectivity index (χ2v) is 7.12. The minimum atomic E-state index is -0.110. The summed E-state index contributed by atoms with van der Waals surface area (Å²) in [6.07, 6.45) is 1.67. The van der Waals surface area contributed by atoms with Crippen molar-refractivity contribution < 1.29 is 4.79 Å². The predicted octanol–water partition coefficient (Wildman–Crippen LogP) is 3.67. The molecule has 5 nitrogen and oxygen atoms in total.